The van der Waals surface area contributed by atoms with Crippen LogP contribution in [-0.2, 0) is 11.2 Å². The Balaban J connectivity index is 1.37. The quantitative estimate of drug-likeness (QED) is 0.802. The number of nitrogens with zero attached hydrogens (tertiary/aromatic N) is 4. The molecule has 2 aromatic rings. The highest BCUT2D eigenvalue weighted by Crippen LogP contribution is 2.41. The molecule has 8 heteroatoms. The third kappa shape index (κ3) is 4.31. The number of hydrogen-bond acceptors (Lipinski definition) is 7. The molecule has 1 saturated carbocycles. The topological polar surface area (TPSA) is 93.4 Å². The van der Waals surface area contributed by atoms with E-state index >= 15 is 0 Å². The van der Waals surface area contributed by atoms with Crippen molar-refractivity contribution in [3.05, 3.63) is 35.0 Å². The van der Waals surface area contributed by atoms with Gasteiger partial charge in [-0.25, -0.2) is 9.97 Å². The Hall–Kier alpha value is -2.48. The van der Waals surface area contributed by atoms with Gasteiger partial charge >= 0.3 is 0 Å². The van der Waals surface area contributed by atoms with Gasteiger partial charge in [0.05, 0.1) is 23.9 Å². The summed E-state index contributed by atoms with van der Waals surface area (Å²) >= 11 is 0. The average molecular weight is 426 g/mol. The Kier molecular flexibility index (Phi) is 5.00. The van der Waals surface area contributed by atoms with Crippen LogP contribution < -0.4 is 10.2 Å². The fraction of sp³-hybridized carbons (Fsp3) is 0.652. The zero-order chi connectivity index (χ0) is 21.8. The molecule has 2 aliphatic carbocycles. The molecule has 2 aromatic heterocycles. The number of aromatic nitrogens is 3. The molecule has 31 heavy (non-hydrogen) atoms. The molecule has 0 radical (unpaired) electrons. The van der Waals surface area contributed by atoms with Crippen LogP contribution in [0.4, 0.5) is 5.95 Å². The van der Waals surface area contributed by atoms with Crippen LogP contribution in [0.25, 0.3) is 0 Å². The van der Waals surface area contributed by atoms with Gasteiger partial charge in [-0.15, -0.1) is 0 Å². The first-order chi connectivity index (χ1) is 14.8. The van der Waals surface area contributed by atoms with E-state index in [2.05, 4.69) is 48.1 Å². The molecular weight excluding hydrogens is 394 g/mol. The summed E-state index contributed by atoms with van der Waals surface area (Å²) in [5.74, 6) is 1.79. The van der Waals surface area contributed by atoms with Crippen LogP contribution in [-0.4, -0.2) is 46.3 Å². The Morgan fingerprint density at radius 1 is 1.23 bits per heavy atom. The zero-order valence-electron chi connectivity index (χ0n) is 18.7. The zero-order valence-corrected chi connectivity index (χ0v) is 18.7. The summed E-state index contributed by atoms with van der Waals surface area (Å²) in [5.41, 5.74) is 2.38. The number of hydrogen-bond donors (Lipinski definition) is 1. The molecule has 0 spiro atoms. The summed E-state index contributed by atoms with van der Waals surface area (Å²) in [6, 6.07) is 1.63. The minimum Gasteiger partial charge on any atom is -0.372 e. The van der Waals surface area contributed by atoms with Gasteiger partial charge in [0.1, 0.15) is 5.76 Å². The number of carbonyl (C=O) groups is 1. The van der Waals surface area contributed by atoms with Crippen molar-refractivity contribution in [2.24, 2.45) is 5.41 Å². The maximum absolute atomic E-state index is 12.9. The van der Waals surface area contributed by atoms with Gasteiger partial charge in [0.15, 0.2) is 5.69 Å². The smallest absolute Gasteiger partial charge is 0.273 e. The molecule has 3 atom stereocenters. The van der Waals surface area contributed by atoms with E-state index in [1.165, 1.54) is 0 Å². The third-order valence-corrected chi connectivity index (χ3v) is 6.41. The van der Waals surface area contributed by atoms with Gasteiger partial charge in [0.2, 0.25) is 5.95 Å². The minimum atomic E-state index is -0.204. The molecule has 3 heterocycles. The van der Waals surface area contributed by atoms with E-state index in [0.29, 0.717) is 11.6 Å². The molecule has 3 aliphatic rings. The van der Waals surface area contributed by atoms with E-state index in [1.54, 1.807) is 6.07 Å². The summed E-state index contributed by atoms with van der Waals surface area (Å²) in [6.07, 6.45) is 6.09. The van der Waals surface area contributed by atoms with Gasteiger partial charge in [0, 0.05) is 36.8 Å². The molecule has 1 saturated heterocycles. The van der Waals surface area contributed by atoms with Gasteiger partial charge in [0.25, 0.3) is 5.91 Å². The largest absolute Gasteiger partial charge is 0.372 e. The molecule has 1 amide bonds. The second-order valence-corrected chi connectivity index (χ2v) is 10.2. The number of morpholine rings is 1. The molecule has 0 bridgehead atoms. The molecule has 8 nitrogen and oxygen atoms in total. The second-order valence-electron chi connectivity index (χ2n) is 10.2. The molecule has 3 unspecified atom stereocenters. The van der Waals surface area contributed by atoms with E-state index < -0.39 is 0 Å². The van der Waals surface area contributed by atoms with Crippen LogP contribution in [0.5, 0.6) is 0 Å². The van der Waals surface area contributed by atoms with Crippen molar-refractivity contribution in [2.45, 2.75) is 77.5 Å². The SMILES string of the molecule is CC1CN(c2ncc3c(n2)CC(C)(C)CC3NC(=O)c2cc(C3CC3)on2)CC(C)O1. The maximum Gasteiger partial charge on any atom is 0.273 e. The van der Waals surface area contributed by atoms with E-state index in [1.807, 2.05) is 6.20 Å². The fourth-order valence-corrected chi connectivity index (χ4v) is 4.85. The number of fused-ring (bicyclic) bond motifs is 1. The number of carbonyl (C=O) groups excluding carboxylic acids is 1. The lowest BCUT2D eigenvalue weighted by Crippen LogP contribution is -2.46. The Bertz CT molecular complexity index is 973. The number of ether oxygens (including phenoxy) is 1. The molecule has 2 fully saturated rings. The molecule has 5 rings (SSSR count). The Labute approximate surface area is 182 Å². The highest BCUT2D eigenvalue weighted by Gasteiger charge is 2.36. The van der Waals surface area contributed by atoms with E-state index in [9.17, 15) is 4.79 Å². The van der Waals surface area contributed by atoms with Gasteiger partial charge in [-0.1, -0.05) is 19.0 Å². The Morgan fingerprint density at radius 2 is 1.97 bits per heavy atom. The van der Waals surface area contributed by atoms with Crippen LogP contribution in [0, 0.1) is 5.41 Å². The van der Waals surface area contributed by atoms with Crippen LogP contribution in [0.15, 0.2) is 16.8 Å². The number of rotatable bonds is 4. The third-order valence-electron chi connectivity index (χ3n) is 6.41. The van der Waals surface area contributed by atoms with Gasteiger partial charge in [-0.05, 0) is 44.9 Å². The lowest BCUT2D eigenvalue weighted by molar-refractivity contribution is -0.00575. The fourth-order valence-electron chi connectivity index (χ4n) is 4.85. The van der Waals surface area contributed by atoms with Crippen LogP contribution >= 0.6 is 0 Å². The predicted molar refractivity (Wildman–Crippen MR) is 115 cm³/mol. The van der Waals surface area contributed by atoms with Crippen molar-refractivity contribution in [3.8, 4) is 0 Å². The summed E-state index contributed by atoms with van der Waals surface area (Å²) in [4.78, 5) is 24.7. The average Bonchev–Trinajstić information content (AvgIpc) is 3.42. The van der Waals surface area contributed by atoms with Crippen molar-refractivity contribution in [2.75, 3.05) is 18.0 Å². The molecule has 0 aromatic carbocycles. The molecule has 1 N–H and O–H groups in total. The van der Waals surface area contributed by atoms with Crippen molar-refractivity contribution in [3.63, 3.8) is 0 Å². The number of nitrogens with one attached hydrogen (secondary N) is 1. The van der Waals surface area contributed by atoms with Gasteiger partial charge in [-0.3, -0.25) is 4.79 Å². The lowest BCUT2D eigenvalue weighted by atomic mass is 9.74. The predicted octanol–water partition coefficient (Wildman–Crippen LogP) is 3.40. The van der Waals surface area contributed by atoms with Gasteiger partial charge < -0.3 is 19.5 Å². The summed E-state index contributed by atoms with van der Waals surface area (Å²) in [7, 11) is 0. The van der Waals surface area contributed by atoms with Crippen molar-refractivity contribution in [1.29, 1.82) is 0 Å². The Morgan fingerprint density at radius 3 is 2.68 bits per heavy atom. The second kappa shape index (κ2) is 7.58. The first-order valence-electron chi connectivity index (χ1n) is 11.3. The molecule has 166 valence electrons. The first-order valence-corrected chi connectivity index (χ1v) is 11.3. The standard InChI is InChI=1S/C23H31N5O3/c1-13-11-28(12-14(2)30-13)22-24-10-16-18(8-23(3,4)9-19(16)26-22)25-21(29)17-7-20(31-27-17)15-5-6-15/h7,10,13-15,18H,5-6,8-9,11-12H2,1-4H3,(H,25,29). The molecular formula is C23H31N5O3. The summed E-state index contributed by atoms with van der Waals surface area (Å²) in [5, 5.41) is 7.15. The van der Waals surface area contributed by atoms with Crippen molar-refractivity contribution < 1.29 is 14.1 Å². The molecule has 1 aliphatic heterocycles. The number of anilines is 1. The van der Waals surface area contributed by atoms with Crippen LogP contribution in [0.3, 0.4) is 0 Å². The lowest BCUT2D eigenvalue weighted by Gasteiger charge is -2.38. The van der Waals surface area contributed by atoms with Crippen LogP contribution in [0.1, 0.15) is 86.4 Å². The number of amides is 1. The minimum absolute atomic E-state index is 0.0190. The van der Waals surface area contributed by atoms with Crippen molar-refractivity contribution in [1.82, 2.24) is 20.4 Å². The maximum atomic E-state index is 12.9. The van der Waals surface area contributed by atoms with E-state index in [-0.39, 0.29) is 29.6 Å². The summed E-state index contributed by atoms with van der Waals surface area (Å²) < 4.78 is 11.2. The van der Waals surface area contributed by atoms with Crippen molar-refractivity contribution >= 4 is 11.9 Å². The van der Waals surface area contributed by atoms with E-state index in [4.69, 9.17) is 14.2 Å². The summed E-state index contributed by atoms with van der Waals surface area (Å²) in [6.45, 7) is 10.2. The van der Waals surface area contributed by atoms with E-state index in [0.717, 1.165) is 61.7 Å². The highest BCUT2D eigenvalue weighted by atomic mass is 16.5. The highest BCUT2D eigenvalue weighted by molar-refractivity contribution is 5.92. The first kappa shape index (κ1) is 20.4. The normalized spacial score (nSPS) is 27.6. The monoisotopic (exact) mass is 425 g/mol. The van der Waals surface area contributed by atoms with Gasteiger partial charge in [-0.2, -0.15) is 0 Å². The van der Waals surface area contributed by atoms with Crippen LogP contribution in [0.2, 0.25) is 0 Å².